The highest BCUT2D eigenvalue weighted by molar-refractivity contribution is 6.33. The van der Waals surface area contributed by atoms with Crippen LogP contribution in [-0.4, -0.2) is 32.1 Å². The van der Waals surface area contributed by atoms with Crippen LogP contribution in [0.1, 0.15) is 23.2 Å². The highest BCUT2D eigenvalue weighted by Gasteiger charge is 2.25. The van der Waals surface area contributed by atoms with Gasteiger partial charge in [-0.3, -0.25) is 9.59 Å². The van der Waals surface area contributed by atoms with Crippen LogP contribution in [0.15, 0.2) is 53.6 Å². The molecule has 1 aliphatic rings. The predicted molar refractivity (Wildman–Crippen MR) is 101 cm³/mol. The van der Waals surface area contributed by atoms with Crippen LogP contribution in [0.25, 0.3) is 0 Å². The number of nitrogens with one attached hydrogen (secondary N) is 1. The van der Waals surface area contributed by atoms with Crippen molar-refractivity contribution >= 4 is 23.1 Å². The Morgan fingerprint density at radius 1 is 1.38 bits per heavy atom. The number of halogens is 1. The summed E-state index contributed by atoms with van der Waals surface area (Å²) in [6.45, 7) is 7.15. The number of hydrogen-bond donors (Lipinski definition) is 1. The van der Waals surface area contributed by atoms with Gasteiger partial charge in [0.25, 0.3) is 5.56 Å². The van der Waals surface area contributed by atoms with Crippen molar-refractivity contribution in [1.29, 1.82) is 0 Å². The minimum Gasteiger partial charge on any atom is -0.360 e. The zero-order valence-electron chi connectivity index (χ0n) is 14.3. The van der Waals surface area contributed by atoms with Gasteiger partial charge < -0.3 is 9.47 Å². The molecule has 0 spiro atoms. The van der Waals surface area contributed by atoms with Gasteiger partial charge in [0.05, 0.1) is 24.6 Å². The second-order valence-electron chi connectivity index (χ2n) is 5.71. The summed E-state index contributed by atoms with van der Waals surface area (Å²) in [5.41, 5.74) is 1.15. The van der Waals surface area contributed by atoms with Crippen LogP contribution in [0, 0.1) is 0 Å². The van der Waals surface area contributed by atoms with Crippen LogP contribution < -0.4 is 10.5 Å². The first-order chi connectivity index (χ1) is 12.6. The van der Waals surface area contributed by atoms with Crippen molar-refractivity contribution in [3.05, 3.63) is 75.7 Å². The average molecular weight is 372 g/mol. The lowest BCUT2D eigenvalue weighted by atomic mass is 10.1. The molecule has 1 aliphatic heterocycles. The Hall–Kier alpha value is -2.93. The highest BCUT2D eigenvalue weighted by Crippen LogP contribution is 2.26. The van der Waals surface area contributed by atoms with Gasteiger partial charge in [0.1, 0.15) is 16.5 Å². The Morgan fingerprint density at radius 3 is 2.92 bits per heavy atom. The van der Waals surface area contributed by atoms with Crippen molar-refractivity contribution in [3.8, 4) is 0 Å². The average Bonchev–Trinajstić information content (AvgIpc) is 3.07. The second-order valence-corrected chi connectivity index (χ2v) is 6.09. The van der Waals surface area contributed by atoms with E-state index in [4.69, 9.17) is 11.6 Å². The molecule has 3 rings (SSSR count). The van der Waals surface area contributed by atoms with Crippen LogP contribution in [0.4, 0.5) is 5.69 Å². The SMILES string of the molecule is C=C/C(=C\C=C/C)C(=O)c1cnc2n1CCN(c1cn[nH]c(=O)c1Cl)C2. The number of imidazole rings is 1. The molecule has 0 atom stereocenters. The van der Waals surface area contributed by atoms with Gasteiger partial charge in [-0.15, -0.1) is 0 Å². The molecule has 0 radical (unpaired) electrons. The number of carbonyl (C=O) groups is 1. The van der Waals surface area contributed by atoms with Crippen molar-refractivity contribution < 1.29 is 4.79 Å². The molecule has 0 unspecified atom stereocenters. The third kappa shape index (κ3) is 3.25. The second kappa shape index (κ2) is 7.53. The van der Waals surface area contributed by atoms with Crippen LogP contribution in [0.2, 0.25) is 5.02 Å². The summed E-state index contributed by atoms with van der Waals surface area (Å²) < 4.78 is 1.89. The Kier molecular flexibility index (Phi) is 5.18. The third-order valence-corrected chi connectivity index (χ3v) is 4.53. The molecular weight excluding hydrogens is 354 g/mol. The molecule has 2 aromatic rings. The van der Waals surface area contributed by atoms with E-state index >= 15 is 0 Å². The molecule has 0 bridgehead atoms. The van der Waals surface area contributed by atoms with Crippen LogP contribution in [-0.2, 0) is 13.1 Å². The molecule has 3 heterocycles. The highest BCUT2D eigenvalue weighted by atomic mass is 35.5. The molecule has 0 fully saturated rings. The molecule has 0 saturated heterocycles. The number of aromatic nitrogens is 4. The van der Waals surface area contributed by atoms with E-state index in [0.29, 0.717) is 36.6 Å². The van der Waals surface area contributed by atoms with E-state index < -0.39 is 5.56 Å². The number of rotatable bonds is 5. The van der Waals surface area contributed by atoms with Gasteiger partial charge in [-0.25, -0.2) is 10.1 Å². The number of nitrogens with zero attached hydrogens (tertiary/aromatic N) is 4. The van der Waals surface area contributed by atoms with Gasteiger partial charge in [-0.1, -0.05) is 42.5 Å². The molecule has 0 saturated carbocycles. The summed E-state index contributed by atoms with van der Waals surface area (Å²) in [7, 11) is 0. The van der Waals surface area contributed by atoms with Gasteiger partial charge in [-0.2, -0.15) is 5.10 Å². The lowest BCUT2D eigenvalue weighted by Crippen LogP contribution is -2.36. The number of fused-ring (bicyclic) bond motifs is 1. The minimum atomic E-state index is -0.432. The minimum absolute atomic E-state index is 0.0968. The topological polar surface area (TPSA) is 83.9 Å². The normalized spacial score (nSPS) is 14.5. The van der Waals surface area contributed by atoms with Crippen LogP contribution in [0.5, 0.6) is 0 Å². The largest absolute Gasteiger partial charge is 0.360 e. The maximum Gasteiger partial charge on any atom is 0.285 e. The summed E-state index contributed by atoms with van der Waals surface area (Å²) in [6, 6.07) is 0. The van der Waals surface area contributed by atoms with Gasteiger partial charge in [0, 0.05) is 18.7 Å². The maximum absolute atomic E-state index is 12.7. The van der Waals surface area contributed by atoms with Gasteiger partial charge >= 0.3 is 0 Å². The molecule has 134 valence electrons. The van der Waals surface area contributed by atoms with E-state index in [2.05, 4.69) is 21.8 Å². The van der Waals surface area contributed by atoms with E-state index in [1.807, 2.05) is 22.5 Å². The number of carbonyl (C=O) groups excluding carboxylic acids is 1. The standard InChI is InChI=1S/C18H18ClN5O2/c1-3-5-6-12(4-2)17(25)14-9-20-15-11-23(7-8-24(14)15)13-10-21-22-18(26)16(13)19/h3-6,9-10H,2,7-8,11H2,1H3,(H,22,26)/b5-3-,12-6+. The number of anilines is 1. The predicted octanol–water partition coefficient (Wildman–Crippen LogP) is 2.51. The molecule has 0 aliphatic carbocycles. The summed E-state index contributed by atoms with van der Waals surface area (Å²) >= 11 is 6.09. The fourth-order valence-corrected chi connectivity index (χ4v) is 3.04. The number of allylic oxidation sites excluding steroid dienone is 5. The molecule has 1 N–H and O–H groups in total. The third-order valence-electron chi connectivity index (χ3n) is 4.16. The Labute approximate surface area is 155 Å². The Bertz CT molecular complexity index is 970. The van der Waals surface area contributed by atoms with E-state index in [-0.39, 0.29) is 10.8 Å². The molecule has 26 heavy (non-hydrogen) atoms. The van der Waals surface area contributed by atoms with Gasteiger partial charge in [0.2, 0.25) is 5.78 Å². The van der Waals surface area contributed by atoms with Crippen molar-refractivity contribution in [2.24, 2.45) is 0 Å². The molecule has 0 amide bonds. The number of Topliss-reactive ketones (excluding diaryl/α,β-unsaturated/α-hetero) is 1. The summed E-state index contributed by atoms with van der Waals surface area (Å²) in [5.74, 6) is 0.603. The van der Waals surface area contributed by atoms with E-state index in [0.717, 1.165) is 5.82 Å². The van der Waals surface area contributed by atoms with Crippen molar-refractivity contribution in [2.75, 3.05) is 11.4 Å². The Morgan fingerprint density at radius 2 is 2.19 bits per heavy atom. The first-order valence-corrected chi connectivity index (χ1v) is 8.47. The van der Waals surface area contributed by atoms with Crippen molar-refractivity contribution in [3.63, 3.8) is 0 Å². The molecule has 8 heteroatoms. The zero-order chi connectivity index (χ0) is 18.7. The summed E-state index contributed by atoms with van der Waals surface area (Å²) in [4.78, 5) is 30.7. The van der Waals surface area contributed by atoms with E-state index in [1.54, 1.807) is 24.4 Å². The lowest BCUT2D eigenvalue weighted by molar-refractivity contribution is 0.102. The van der Waals surface area contributed by atoms with Crippen molar-refractivity contribution in [1.82, 2.24) is 19.7 Å². The first kappa shape index (κ1) is 17.9. The fraction of sp³-hybridized carbons (Fsp3) is 0.222. The first-order valence-electron chi connectivity index (χ1n) is 8.09. The lowest BCUT2D eigenvalue weighted by Gasteiger charge is -2.30. The van der Waals surface area contributed by atoms with Gasteiger partial charge in [-0.05, 0) is 6.92 Å². The van der Waals surface area contributed by atoms with Crippen molar-refractivity contribution in [2.45, 2.75) is 20.0 Å². The molecular formula is C18H18ClN5O2. The smallest absolute Gasteiger partial charge is 0.285 e. The Balaban J connectivity index is 1.89. The quantitative estimate of drug-likeness (QED) is 0.496. The van der Waals surface area contributed by atoms with Crippen LogP contribution in [0.3, 0.4) is 0 Å². The van der Waals surface area contributed by atoms with Crippen LogP contribution >= 0.6 is 11.6 Å². The molecule has 7 nitrogen and oxygen atoms in total. The zero-order valence-corrected chi connectivity index (χ0v) is 15.0. The monoisotopic (exact) mass is 371 g/mol. The fourth-order valence-electron chi connectivity index (χ4n) is 2.83. The molecule has 0 aromatic carbocycles. The van der Waals surface area contributed by atoms with E-state index in [1.165, 1.54) is 6.20 Å². The number of hydrogen-bond acceptors (Lipinski definition) is 5. The number of ketones is 1. The number of H-pyrrole nitrogens is 1. The number of aromatic amines is 1. The molecule has 2 aromatic heterocycles. The maximum atomic E-state index is 12.7. The van der Waals surface area contributed by atoms with E-state index in [9.17, 15) is 9.59 Å². The van der Waals surface area contributed by atoms with Gasteiger partial charge in [0.15, 0.2) is 0 Å². The summed E-state index contributed by atoms with van der Waals surface area (Å²) in [6.07, 6.45) is 10.0. The summed E-state index contributed by atoms with van der Waals surface area (Å²) in [5, 5.41) is 6.20.